The van der Waals surface area contributed by atoms with Gasteiger partial charge in [0.15, 0.2) is 5.58 Å². The largest absolute Gasteiger partial charge is 0.431 e. The molecule has 0 atom stereocenters. The molecular weight excluding hydrogens is 265 g/mol. The molecule has 2 aromatic heterocycles. The van der Waals surface area contributed by atoms with Crippen molar-refractivity contribution in [1.29, 1.82) is 0 Å². The van der Waals surface area contributed by atoms with Gasteiger partial charge in [0.1, 0.15) is 11.3 Å². The molecule has 0 saturated heterocycles. The zero-order chi connectivity index (χ0) is 13.2. The number of fused-ring (bicyclic) bond motifs is 1. The van der Waals surface area contributed by atoms with Crippen LogP contribution in [0.4, 0.5) is 10.1 Å². The molecule has 2 N–H and O–H groups in total. The second-order valence-electron chi connectivity index (χ2n) is 4.01. The van der Waals surface area contributed by atoms with E-state index < -0.39 is 0 Å². The number of anilines is 1. The fourth-order valence-electron chi connectivity index (χ4n) is 1.66. The Labute approximate surface area is 112 Å². The molecule has 0 aliphatic carbocycles. The summed E-state index contributed by atoms with van der Waals surface area (Å²) < 4.78 is 18.5. The van der Waals surface area contributed by atoms with Crippen LogP contribution in [0.5, 0.6) is 0 Å². The Morgan fingerprint density at radius 1 is 1.26 bits per heavy atom. The van der Waals surface area contributed by atoms with Gasteiger partial charge in [-0.3, -0.25) is 4.98 Å². The fourth-order valence-corrected chi connectivity index (χ4v) is 2.42. The quantitative estimate of drug-likeness (QED) is 0.587. The van der Waals surface area contributed by atoms with Gasteiger partial charge in [-0.15, -0.1) is 0 Å². The van der Waals surface area contributed by atoms with Crippen molar-refractivity contribution in [3.63, 3.8) is 0 Å². The average molecular weight is 275 g/mol. The van der Waals surface area contributed by atoms with Crippen LogP contribution in [0.2, 0.25) is 0 Å². The fraction of sp³-hybridized carbons (Fsp3) is 0.0769. The molecule has 1 aromatic carbocycles. The molecule has 0 amide bonds. The van der Waals surface area contributed by atoms with Crippen LogP contribution in [-0.4, -0.2) is 9.97 Å². The second-order valence-corrected chi connectivity index (χ2v) is 4.93. The SMILES string of the molecule is Nc1ccc2nc(SCc3cncc(F)c3)oc2c1. The maximum absolute atomic E-state index is 13.0. The van der Waals surface area contributed by atoms with Crippen molar-refractivity contribution in [3.05, 3.63) is 48.0 Å². The zero-order valence-corrected chi connectivity index (χ0v) is 10.7. The van der Waals surface area contributed by atoms with Crippen molar-refractivity contribution in [2.45, 2.75) is 11.0 Å². The Morgan fingerprint density at radius 2 is 2.16 bits per heavy atom. The van der Waals surface area contributed by atoms with E-state index in [0.717, 1.165) is 11.1 Å². The number of nitrogen functional groups attached to an aromatic ring is 1. The molecule has 0 bridgehead atoms. The minimum absolute atomic E-state index is 0.344. The van der Waals surface area contributed by atoms with E-state index in [0.29, 0.717) is 22.2 Å². The number of nitrogens with two attached hydrogens (primary N) is 1. The zero-order valence-electron chi connectivity index (χ0n) is 9.84. The van der Waals surface area contributed by atoms with Crippen LogP contribution < -0.4 is 5.73 Å². The van der Waals surface area contributed by atoms with Gasteiger partial charge in [0.2, 0.25) is 0 Å². The summed E-state index contributed by atoms with van der Waals surface area (Å²) in [6.07, 6.45) is 2.80. The average Bonchev–Trinajstić information content (AvgIpc) is 2.78. The predicted octanol–water partition coefficient (Wildman–Crippen LogP) is 3.24. The van der Waals surface area contributed by atoms with E-state index in [1.807, 2.05) is 6.07 Å². The molecule has 19 heavy (non-hydrogen) atoms. The number of pyridine rings is 1. The Hall–Kier alpha value is -2.08. The molecule has 0 fully saturated rings. The van der Waals surface area contributed by atoms with Gasteiger partial charge < -0.3 is 10.2 Å². The number of nitrogens with zero attached hydrogens (tertiary/aromatic N) is 2. The minimum atomic E-state index is -0.344. The summed E-state index contributed by atoms with van der Waals surface area (Å²) in [5, 5.41) is 0.532. The predicted molar refractivity (Wildman–Crippen MR) is 72.2 cm³/mol. The molecular formula is C13H10FN3OS. The molecule has 0 saturated carbocycles. The van der Waals surface area contributed by atoms with Gasteiger partial charge in [-0.2, -0.15) is 0 Å². The van der Waals surface area contributed by atoms with Crippen LogP contribution in [0.25, 0.3) is 11.1 Å². The van der Waals surface area contributed by atoms with Gasteiger partial charge >= 0.3 is 0 Å². The minimum Gasteiger partial charge on any atom is -0.431 e. The number of halogens is 1. The molecule has 0 spiro atoms. The number of hydrogen-bond acceptors (Lipinski definition) is 5. The number of aromatic nitrogens is 2. The molecule has 96 valence electrons. The first-order valence-electron chi connectivity index (χ1n) is 5.59. The van der Waals surface area contributed by atoms with Crippen molar-refractivity contribution in [3.8, 4) is 0 Å². The van der Waals surface area contributed by atoms with Crippen LogP contribution in [0, 0.1) is 5.82 Å². The molecule has 3 rings (SSSR count). The van der Waals surface area contributed by atoms with E-state index in [1.165, 1.54) is 24.0 Å². The highest BCUT2D eigenvalue weighted by molar-refractivity contribution is 7.98. The normalized spacial score (nSPS) is 11.0. The van der Waals surface area contributed by atoms with Crippen molar-refractivity contribution in [1.82, 2.24) is 9.97 Å². The van der Waals surface area contributed by atoms with Gasteiger partial charge in [-0.05, 0) is 23.8 Å². The van der Waals surface area contributed by atoms with Crippen LogP contribution >= 0.6 is 11.8 Å². The maximum Gasteiger partial charge on any atom is 0.257 e. The first kappa shape index (κ1) is 12.0. The third-order valence-corrected chi connectivity index (χ3v) is 3.42. The third-order valence-electron chi connectivity index (χ3n) is 2.52. The lowest BCUT2D eigenvalue weighted by molar-refractivity contribution is 0.489. The number of rotatable bonds is 3. The van der Waals surface area contributed by atoms with E-state index in [2.05, 4.69) is 9.97 Å². The standard InChI is InChI=1S/C13H10FN3OS/c14-9-3-8(5-16-6-9)7-19-13-17-11-2-1-10(15)4-12(11)18-13/h1-6H,7,15H2. The van der Waals surface area contributed by atoms with Crippen LogP contribution in [0.15, 0.2) is 46.3 Å². The summed E-state index contributed by atoms with van der Waals surface area (Å²) in [6, 6.07) is 6.76. The first-order valence-corrected chi connectivity index (χ1v) is 6.57. The van der Waals surface area contributed by atoms with Crippen LogP contribution in [0.3, 0.4) is 0 Å². The van der Waals surface area contributed by atoms with Gasteiger partial charge in [0.05, 0.1) is 6.20 Å². The molecule has 4 nitrogen and oxygen atoms in total. The number of hydrogen-bond donors (Lipinski definition) is 1. The summed E-state index contributed by atoms with van der Waals surface area (Å²) >= 11 is 1.39. The van der Waals surface area contributed by atoms with Crippen LogP contribution in [0.1, 0.15) is 5.56 Å². The van der Waals surface area contributed by atoms with Crippen LogP contribution in [-0.2, 0) is 5.75 Å². The highest BCUT2D eigenvalue weighted by Crippen LogP contribution is 2.27. The Morgan fingerprint density at radius 3 is 3.00 bits per heavy atom. The Bertz CT molecular complexity index is 729. The highest BCUT2D eigenvalue weighted by atomic mass is 32.2. The number of oxazole rings is 1. The van der Waals surface area contributed by atoms with E-state index in [1.54, 1.807) is 18.3 Å². The smallest absolute Gasteiger partial charge is 0.257 e. The second kappa shape index (κ2) is 4.89. The Kier molecular flexibility index (Phi) is 3.08. The molecule has 0 radical (unpaired) electrons. The topological polar surface area (TPSA) is 64.9 Å². The summed E-state index contributed by atoms with van der Waals surface area (Å²) in [7, 11) is 0. The first-order chi connectivity index (χ1) is 9.20. The van der Waals surface area contributed by atoms with Gasteiger partial charge in [-0.25, -0.2) is 9.37 Å². The Balaban J connectivity index is 1.78. The molecule has 0 aliphatic rings. The van der Waals surface area contributed by atoms with Crippen molar-refractivity contribution >= 4 is 28.5 Å². The number of thioether (sulfide) groups is 1. The van der Waals surface area contributed by atoms with Gasteiger partial charge in [0, 0.05) is 23.7 Å². The lowest BCUT2D eigenvalue weighted by Crippen LogP contribution is -1.85. The summed E-state index contributed by atoms with van der Waals surface area (Å²) in [5.74, 6) is 0.205. The van der Waals surface area contributed by atoms with Crippen molar-refractivity contribution < 1.29 is 8.81 Å². The number of benzene rings is 1. The third kappa shape index (κ3) is 2.68. The van der Waals surface area contributed by atoms with Crippen molar-refractivity contribution in [2.24, 2.45) is 0 Å². The molecule has 0 unspecified atom stereocenters. The highest BCUT2D eigenvalue weighted by Gasteiger charge is 2.07. The molecule has 2 heterocycles. The molecule has 6 heteroatoms. The monoisotopic (exact) mass is 275 g/mol. The lowest BCUT2D eigenvalue weighted by Gasteiger charge is -1.97. The van der Waals surface area contributed by atoms with E-state index in [-0.39, 0.29) is 5.82 Å². The maximum atomic E-state index is 13.0. The summed E-state index contributed by atoms with van der Waals surface area (Å²) in [4.78, 5) is 8.11. The summed E-state index contributed by atoms with van der Waals surface area (Å²) in [5.41, 5.74) is 8.50. The van der Waals surface area contributed by atoms with Gasteiger partial charge in [-0.1, -0.05) is 11.8 Å². The van der Waals surface area contributed by atoms with Gasteiger partial charge in [0.25, 0.3) is 5.22 Å². The van der Waals surface area contributed by atoms with E-state index >= 15 is 0 Å². The summed E-state index contributed by atoms with van der Waals surface area (Å²) in [6.45, 7) is 0. The van der Waals surface area contributed by atoms with Crippen molar-refractivity contribution in [2.75, 3.05) is 5.73 Å². The molecule has 3 aromatic rings. The van der Waals surface area contributed by atoms with E-state index in [9.17, 15) is 4.39 Å². The van der Waals surface area contributed by atoms with E-state index in [4.69, 9.17) is 10.2 Å². The molecule has 0 aliphatic heterocycles. The lowest BCUT2D eigenvalue weighted by atomic mass is 10.3.